The van der Waals surface area contributed by atoms with Crippen molar-refractivity contribution in [1.82, 2.24) is 9.88 Å². The van der Waals surface area contributed by atoms with Gasteiger partial charge in [-0.2, -0.15) is 0 Å². The fourth-order valence-electron chi connectivity index (χ4n) is 4.12. The Labute approximate surface area is 202 Å². The Morgan fingerprint density at radius 2 is 1.82 bits per heavy atom. The van der Waals surface area contributed by atoms with Gasteiger partial charge in [-0.25, -0.2) is 9.78 Å². The largest absolute Gasteiger partial charge is 0.444 e. The molecule has 0 N–H and O–H groups in total. The van der Waals surface area contributed by atoms with Crippen molar-refractivity contribution in [3.63, 3.8) is 0 Å². The van der Waals surface area contributed by atoms with E-state index in [-0.39, 0.29) is 18.0 Å². The van der Waals surface area contributed by atoms with Crippen LogP contribution in [-0.4, -0.2) is 46.6 Å². The van der Waals surface area contributed by atoms with Gasteiger partial charge in [-0.3, -0.25) is 9.69 Å². The summed E-state index contributed by atoms with van der Waals surface area (Å²) in [7, 11) is 0. The fraction of sp³-hybridized carbons (Fsp3) is 0.346. The number of hydrogen-bond acceptors (Lipinski definition) is 4. The van der Waals surface area contributed by atoms with Gasteiger partial charge in [0.2, 0.25) is 0 Å². The van der Waals surface area contributed by atoms with Crippen LogP contribution >= 0.6 is 15.9 Å². The predicted octanol–water partition coefficient (Wildman–Crippen LogP) is 6.04. The maximum absolute atomic E-state index is 13.8. The number of carbonyl (C=O) groups excluding carboxylic acids is 2. The maximum Gasteiger partial charge on any atom is 0.410 e. The zero-order valence-electron chi connectivity index (χ0n) is 19.1. The summed E-state index contributed by atoms with van der Waals surface area (Å²) in [5.41, 5.74) is -0.00365. The Hall–Kier alpha value is -2.93. The second-order valence-electron chi connectivity index (χ2n) is 9.26. The average molecular weight is 510 g/mol. The highest BCUT2D eigenvalue weighted by atomic mass is 79.9. The third-order valence-corrected chi connectivity index (χ3v) is 6.13. The van der Waals surface area contributed by atoms with Crippen LogP contribution in [0, 0.1) is 0 Å². The van der Waals surface area contributed by atoms with E-state index in [0.29, 0.717) is 24.5 Å². The summed E-state index contributed by atoms with van der Waals surface area (Å²) in [6, 6.07) is 16.9. The van der Waals surface area contributed by atoms with Crippen molar-refractivity contribution in [3.8, 4) is 0 Å². The van der Waals surface area contributed by atoms with Gasteiger partial charge in [0.15, 0.2) is 0 Å². The number of amides is 2. The number of piperidine rings is 1. The number of anilines is 1. The lowest BCUT2D eigenvalue weighted by atomic mass is 10.0. The molecule has 0 aliphatic carbocycles. The first-order valence-corrected chi connectivity index (χ1v) is 11.9. The summed E-state index contributed by atoms with van der Waals surface area (Å²) >= 11 is 3.44. The zero-order valence-corrected chi connectivity index (χ0v) is 20.7. The second kappa shape index (κ2) is 9.51. The minimum atomic E-state index is -0.575. The van der Waals surface area contributed by atoms with Crippen molar-refractivity contribution in [3.05, 3.63) is 70.8 Å². The van der Waals surface area contributed by atoms with Gasteiger partial charge >= 0.3 is 6.09 Å². The van der Waals surface area contributed by atoms with Crippen LogP contribution in [0.2, 0.25) is 0 Å². The van der Waals surface area contributed by atoms with Crippen molar-refractivity contribution in [1.29, 1.82) is 0 Å². The van der Waals surface area contributed by atoms with E-state index in [9.17, 15) is 9.59 Å². The van der Waals surface area contributed by atoms with Gasteiger partial charge in [-0.15, -0.1) is 0 Å². The van der Waals surface area contributed by atoms with Crippen molar-refractivity contribution in [2.24, 2.45) is 0 Å². The lowest BCUT2D eigenvalue weighted by Crippen LogP contribution is -2.53. The number of likely N-dealkylation sites (tertiary alicyclic amines) is 1. The van der Waals surface area contributed by atoms with E-state index in [0.717, 1.165) is 28.1 Å². The Morgan fingerprint density at radius 1 is 1.09 bits per heavy atom. The van der Waals surface area contributed by atoms with E-state index in [2.05, 4.69) is 20.9 Å². The number of ether oxygens (including phenoxy) is 1. The van der Waals surface area contributed by atoms with Crippen LogP contribution in [0.5, 0.6) is 0 Å². The van der Waals surface area contributed by atoms with E-state index in [1.807, 2.05) is 63.2 Å². The van der Waals surface area contributed by atoms with Crippen LogP contribution in [-0.2, 0) is 4.74 Å². The van der Waals surface area contributed by atoms with Crippen LogP contribution in [0.25, 0.3) is 10.8 Å². The van der Waals surface area contributed by atoms with Gasteiger partial charge in [-0.1, -0.05) is 40.2 Å². The predicted molar refractivity (Wildman–Crippen MR) is 134 cm³/mol. The van der Waals surface area contributed by atoms with Crippen LogP contribution in [0.15, 0.2) is 65.3 Å². The molecule has 7 heteroatoms. The van der Waals surface area contributed by atoms with Gasteiger partial charge in [0.05, 0.1) is 6.04 Å². The molecule has 0 saturated carbocycles. The lowest BCUT2D eigenvalue weighted by molar-refractivity contribution is 0.0196. The first kappa shape index (κ1) is 23.2. The molecule has 0 radical (unpaired) electrons. The molecule has 172 valence electrons. The molecule has 0 spiro atoms. The highest BCUT2D eigenvalue weighted by Gasteiger charge is 2.35. The summed E-state index contributed by atoms with van der Waals surface area (Å²) in [5.74, 6) is 0.472. The second-order valence-corrected chi connectivity index (χ2v) is 10.2. The van der Waals surface area contributed by atoms with Gasteiger partial charge in [-0.05, 0) is 69.3 Å². The third kappa shape index (κ3) is 5.36. The Bertz CT molecular complexity index is 1150. The number of pyridine rings is 1. The highest BCUT2D eigenvalue weighted by Crippen LogP contribution is 2.30. The molecule has 4 rings (SSSR count). The van der Waals surface area contributed by atoms with Crippen molar-refractivity contribution in [2.45, 2.75) is 45.3 Å². The van der Waals surface area contributed by atoms with Crippen molar-refractivity contribution >= 4 is 44.5 Å². The molecule has 1 unspecified atom stereocenters. The number of benzene rings is 2. The van der Waals surface area contributed by atoms with Crippen molar-refractivity contribution < 1.29 is 14.3 Å². The van der Waals surface area contributed by atoms with E-state index in [1.165, 1.54) is 0 Å². The smallest absolute Gasteiger partial charge is 0.410 e. The molecule has 2 aromatic carbocycles. The highest BCUT2D eigenvalue weighted by molar-refractivity contribution is 9.10. The first-order chi connectivity index (χ1) is 15.7. The monoisotopic (exact) mass is 509 g/mol. The molecule has 1 aromatic heterocycles. The van der Waals surface area contributed by atoms with E-state index >= 15 is 0 Å². The van der Waals surface area contributed by atoms with Gasteiger partial charge in [0, 0.05) is 34.7 Å². The third-order valence-electron chi connectivity index (χ3n) is 5.60. The molecular weight excluding hydrogens is 482 g/mol. The van der Waals surface area contributed by atoms with E-state index < -0.39 is 5.60 Å². The van der Waals surface area contributed by atoms with Crippen molar-refractivity contribution in [2.75, 3.05) is 18.0 Å². The van der Waals surface area contributed by atoms with Crippen LogP contribution in [0.3, 0.4) is 0 Å². The number of hydrogen-bond donors (Lipinski definition) is 0. The summed E-state index contributed by atoms with van der Waals surface area (Å²) in [5, 5.41) is 1.91. The molecule has 33 heavy (non-hydrogen) atoms. The number of nitrogens with zero attached hydrogens (tertiary/aromatic N) is 3. The molecule has 6 nitrogen and oxygen atoms in total. The number of rotatable bonds is 3. The molecule has 1 saturated heterocycles. The zero-order chi connectivity index (χ0) is 23.6. The Kier molecular flexibility index (Phi) is 6.70. The molecule has 2 amide bonds. The number of halogens is 1. The summed E-state index contributed by atoms with van der Waals surface area (Å²) in [6.07, 6.45) is 2.92. The molecule has 1 fully saturated rings. The number of carbonyl (C=O) groups is 2. The van der Waals surface area contributed by atoms with Crippen LogP contribution in [0.1, 0.15) is 44.0 Å². The van der Waals surface area contributed by atoms with Gasteiger partial charge in [0.1, 0.15) is 11.4 Å². The molecule has 1 aliphatic rings. The van der Waals surface area contributed by atoms with Gasteiger partial charge in [0.25, 0.3) is 5.91 Å². The quantitative estimate of drug-likeness (QED) is 0.431. The molecule has 3 aromatic rings. The Balaban J connectivity index is 1.73. The van der Waals surface area contributed by atoms with E-state index in [4.69, 9.17) is 4.74 Å². The molecular formula is C26H28BrN3O3. The molecule has 1 atom stereocenters. The standard InChI is InChI=1S/C26H28BrN3O3/c1-26(2,3)33-25(32)29-16-6-8-21(17-29)30(24(31)19-10-12-20(27)13-11-19)23-22-9-5-4-7-18(22)14-15-28-23/h4-5,7,9-15,21H,6,8,16-17H2,1-3H3. The SMILES string of the molecule is CC(C)(C)OC(=O)N1CCCC(N(C(=O)c2ccc(Br)cc2)c2nccc3ccccc23)C1. The van der Waals surface area contributed by atoms with Crippen LogP contribution < -0.4 is 4.90 Å². The lowest BCUT2D eigenvalue weighted by Gasteiger charge is -2.39. The minimum absolute atomic E-state index is 0.137. The molecule has 1 aliphatic heterocycles. The van der Waals surface area contributed by atoms with Gasteiger partial charge < -0.3 is 9.64 Å². The number of fused-ring (bicyclic) bond motifs is 1. The normalized spacial score (nSPS) is 16.5. The first-order valence-electron chi connectivity index (χ1n) is 11.1. The summed E-state index contributed by atoms with van der Waals surface area (Å²) in [6.45, 7) is 6.57. The van der Waals surface area contributed by atoms with Crippen LogP contribution in [0.4, 0.5) is 10.6 Å². The summed E-state index contributed by atoms with van der Waals surface area (Å²) < 4.78 is 6.51. The average Bonchev–Trinajstić information content (AvgIpc) is 2.79. The minimum Gasteiger partial charge on any atom is -0.444 e. The summed E-state index contributed by atoms with van der Waals surface area (Å²) in [4.78, 5) is 34.7. The maximum atomic E-state index is 13.8. The number of aromatic nitrogens is 1. The Morgan fingerprint density at radius 3 is 2.55 bits per heavy atom. The van der Waals surface area contributed by atoms with E-state index in [1.54, 1.807) is 28.1 Å². The molecule has 2 heterocycles. The fourth-order valence-corrected chi connectivity index (χ4v) is 4.38. The topological polar surface area (TPSA) is 62.7 Å². The molecule has 0 bridgehead atoms.